The second-order valence-corrected chi connectivity index (χ2v) is 7.17. The fourth-order valence-corrected chi connectivity index (χ4v) is 2.81. The van der Waals surface area contributed by atoms with Gasteiger partial charge in [0.05, 0.1) is 13.0 Å². The van der Waals surface area contributed by atoms with E-state index in [0.29, 0.717) is 18.8 Å². The van der Waals surface area contributed by atoms with Gasteiger partial charge in [-0.25, -0.2) is 0 Å². The van der Waals surface area contributed by atoms with Crippen molar-refractivity contribution >= 4 is 11.9 Å². The summed E-state index contributed by atoms with van der Waals surface area (Å²) in [4.78, 5) is 24.2. The molecule has 1 N–H and O–H groups in total. The summed E-state index contributed by atoms with van der Waals surface area (Å²) in [6.45, 7) is 9.37. The highest BCUT2D eigenvalue weighted by Crippen LogP contribution is 2.34. The maximum Gasteiger partial charge on any atom is 0.311 e. The molecule has 1 aromatic heterocycles. The molecule has 0 radical (unpaired) electrons. The summed E-state index contributed by atoms with van der Waals surface area (Å²) in [5, 5.41) is 6.86. The molecule has 0 fully saturated rings. The van der Waals surface area contributed by atoms with E-state index < -0.39 is 0 Å². The van der Waals surface area contributed by atoms with Crippen LogP contribution in [-0.4, -0.2) is 28.2 Å². The highest BCUT2D eigenvalue weighted by molar-refractivity contribution is 5.82. The van der Waals surface area contributed by atoms with E-state index in [0.717, 1.165) is 11.1 Å². The van der Waals surface area contributed by atoms with Crippen molar-refractivity contribution < 1.29 is 14.3 Å². The van der Waals surface area contributed by atoms with Gasteiger partial charge in [0, 0.05) is 25.4 Å². The number of amides is 1. The minimum absolute atomic E-state index is 0.0531. The van der Waals surface area contributed by atoms with Gasteiger partial charge in [0.15, 0.2) is 0 Å². The van der Waals surface area contributed by atoms with E-state index in [2.05, 4.69) is 38.1 Å². The van der Waals surface area contributed by atoms with Crippen molar-refractivity contribution in [1.82, 2.24) is 15.1 Å². The predicted molar refractivity (Wildman–Crippen MR) is 105 cm³/mol. The first-order chi connectivity index (χ1) is 12.9. The molecule has 6 heteroatoms. The maximum absolute atomic E-state index is 12.3. The number of hydrogen-bond donors (Lipinski definition) is 1. The van der Waals surface area contributed by atoms with Gasteiger partial charge in [0.1, 0.15) is 5.75 Å². The molecule has 0 spiro atoms. The molecular formula is C21H29N3O3. The Bertz CT molecular complexity index is 726. The maximum atomic E-state index is 12.3. The average molecular weight is 371 g/mol. The van der Waals surface area contributed by atoms with Crippen LogP contribution in [0.1, 0.15) is 63.5 Å². The predicted octanol–water partition coefficient (Wildman–Crippen LogP) is 3.63. The van der Waals surface area contributed by atoms with Crippen molar-refractivity contribution in [3.8, 4) is 5.75 Å². The van der Waals surface area contributed by atoms with Crippen LogP contribution in [0.4, 0.5) is 0 Å². The van der Waals surface area contributed by atoms with Crippen molar-refractivity contribution in [2.75, 3.05) is 6.54 Å². The van der Waals surface area contributed by atoms with Crippen molar-refractivity contribution in [2.24, 2.45) is 0 Å². The molecule has 1 amide bonds. The van der Waals surface area contributed by atoms with E-state index in [1.165, 1.54) is 0 Å². The smallest absolute Gasteiger partial charge is 0.311 e. The van der Waals surface area contributed by atoms with Crippen molar-refractivity contribution in [1.29, 1.82) is 0 Å². The Balaban J connectivity index is 1.87. The van der Waals surface area contributed by atoms with E-state index in [9.17, 15) is 9.59 Å². The zero-order chi connectivity index (χ0) is 19.8. The number of para-hydroxylation sites is 1. The minimum atomic E-state index is -0.382. The van der Waals surface area contributed by atoms with Crippen molar-refractivity contribution in [3.63, 3.8) is 0 Å². The Morgan fingerprint density at radius 1 is 1.07 bits per heavy atom. The van der Waals surface area contributed by atoms with E-state index in [-0.39, 0.29) is 36.6 Å². The first kappa shape index (κ1) is 20.7. The molecule has 1 heterocycles. The Labute approximate surface area is 160 Å². The van der Waals surface area contributed by atoms with Crippen LogP contribution in [0.15, 0.2) is 36.7 Å². The quantitative estimate of drug-likeness (QED) is 0.540. The third-order valence-corrected chi connectivity index (χ3v) is 4.31. The fourth-order valence-electron chi connectivity index (χ4n) is 2.81. The summed E-state index contributed by atoms with van der Waals surface area (Å²) in [6, 6.07) is 7.80. The van der Waals surface area contributed by atoms with Crippen LogP contribution in [0.5, 0.6) is 5.75 Å². The number of benzene rings is 1. The zero-order valence-electron chi connectivity index (χ0n) is 16.6. The third kappa shape index (κ3) is 6.24. The summed E-state index contributed by atoms with van der Waals surface area (Å²) < 4.78 is 7.42. The van der Waals surface area contributed by atoms with Gasteiger partial charge in [-0.05, 0) is 29.0 Å². The van der Waals surface area contributed by atoms with E-state index in [1.807, 2.05) is 30.5 Å². The lowest BCUT2D eigenvalue weighted by molar-refractivity contribution is -0.136. The number of carbonyl (C=O) groups is 2. The monoisotopic (exact) mass is 371 g/mol. The first-order valence-electron chi connectivity index (χ1n) is 9.46. The van der Waals surface area contributed by atoms with Gasteiger partial charge in [0.25, 0.3) is 0 Å². The molecule has 0 saturated carbocycles. The molecular weight excluding hydrogens is 342 g/mol. The molecule has 0 bridgehead atoms. The summed E-state index contributed by atoms with van der Waals surface area (Å²) >= 11 is 0. The van der Waals surface area contributed by atoms with Crippen LogP contribution in [-0.2, 0) is 16.1 Å². The van der Waals surface area contributed by atoms with Crippen molar-refractivity contribution in [3.05, 3.63) is 47.8 Å². The molecule has 6 nitrogen and oxygen atoms in total. The Hall–Kier alpha value is -2.63. The lowest BCUT2D eigenvalue weighted by Crippen LogP contribution is -2.28. The Kier molecular flexibility index (Phi) is 7.58. The Morgan fingerprint density at radius 2 is 1.74 bits per heavy atom. The molecule has 146 valence electrons. The summed E-state index contributed by atoms with van der Waals surface area (Å²) in [7, 11) is 0. The average Bonchev–Trinajstić information content (AvgIpc) is 3.13. The molecule has 0 saturated heterocycles. The number of esters is 1. The van der Waals surface area contributed by atoms with Crippen LogP contribution in [0, 0.1) is 0 Å². The van der Waals surface area contributed by atoms with Gasteiger partial charge >= 0.3 is 5.97 Å². The molecule has 0 atom stereocenters. The van der Waals surface area contributed by atoms with Gasteiger partial charge < -0.3 is 10.1 Å². The summed E-state index contributed by atoms with van der Waals surface area (Å²) in [5.74, 6) is 0.591. The molecule has 0 aliphatic heterocycles. The van der Waals surface area contributed by atoms with Gasteiger partial charge in [-0.2, -0.15) is 5.10 Å². The lowest BCUT2D eigenvalue weighted by Gasteiger charge is -2.18. The topological polar surface area (TPSA) is 73.2 Å². The molecule has 1 aromatic carbocycles. The highest BCUT2D eigenvalue weighted by atomic mass is 16.5. The second-order valence-electron chi connectivity index (χ2n) is 7.17. The zero-order valence-corrected chi connectivity index (χ0v) is 16.6. The number of rotatable bonds is 9. The minimum Gasteiger partial charge on any atom is -0.426 e. The third-order valence-electron chi connectivity index (χ3n) is 4.31. The van der Waals surface area contributed by atoms with Crippen LogP contribution < -0.4 is 10.1 Å². The van der Waals surface area contributed by atoms with E-state index in [4.69, 9.17) is 4.74 Å². The number of ether oxygens (including phenoxy) is 1. The molecule has 0 aliphatic rings. The number of carbonyl (C=O) groups excluding carboxylic acids is 2. The molecule has 27 heavy (non-hydrogen) atoms. The standard InChI is InChI=1S/C21H29N3O3/c1-15(2)17-7-5-8-18(16(3)4)21(17)27-20(26)10-9-19(25)22-12-14-24-13-6-11-23-24/h5-8,11,13,15-16H,9-10,12,14H2,1-4H3,(H,22,25). The molecule has 0 unspecified atom stereocenters. The summed E-state index contributed by atoms with van der Waals surface area (Å²) in [6.07, 6.45) is 3.69. The van der Waals surface area contributed by atoms with Gasteiger partial charge in [-0.15, -0.1) is 0 Å². The number of nitrogens with zero attached hydrogens (tertiary/aromatic N) is 2. The first-order valence-corrected chi connectivity index (χ1v) is 9.46. The van der Waals surface area contributed by atoms with Crippen LogP contribution in [0.2, 0.25) is 0 Å². The fraction of sp³-hybridized carbons (Fsp3) is 0.476. The number of hydrogen-bond acceptors (Lipinski definition) is 4. The molecule has 2 rings (SSSR count). The molecule has 2 aromatic rings. The Morgan fingerprint density at radius 3 is 2.30 bits per heavy atom. The van der Waals surface area contributed by atoms with Crippen LogP contribution in [0.25, 0.3) is 0 Å². The highest BCUT2D eigenvalue weighted by Gasteiger charge is 2.18. The van der Waals surface area contributed by atoms with Crippen molar-refractivity contribution in [2.45, 2.75) is 58.9 Å². The van der Waals surface area contributed by atoms with Gasteiger partial charge in [0.2, 0.25) is 5.91 Å². The number of aromatic nitrogens is 2. The van der Waals surface area contributed by atoms with Gasteiger partial charge in [-0.1, -0.05) is 45.9 Å². The van der Waals surface area contributed by atoms with Gasteiger partial charge in [-0.3, -0.25) is 14.3 Å². The SMILES string of the molecule is CC(C)c1cccc(C(C)C)c1OC(=O)CCC(=O)NCCn1cccn1. The normalized spacial score (nSPS) is 11.0. The summed E-state index contributed by atoms with van der Waals surface area (Å²) in [5.41, 5.74) is 2.02. The van der Waals surface area contributed by atoms with E-state index >= 15 is 0 Å². The number of nitrogens with one attached hydrogen (secondary N) is 1. The largest absolute Gasteiger partial charge is 0.426 e. The lowest BCUT2D eigenvalue weighted by atomic mass is 9.94. The molecule has 0 aliphatic carbocycles. The van der Waals surface area contributed by atoms with E-state index in [1.54, 1.807) is 10.9 Å². The van der Waals surface area contributed by atoms with Crippen LogP contribution >= 0.6 is 0 Å². The second kappa shape index (κ2) is 9.90. The van der Waals surface area contributed by atoms with Crippen LogP contribution in [0.3, 0.4) is 0 Å².